The number of nitrogens with two attached hydrogens (primary N) is 1. The Morgan fingerprint density at radius 2 is 2.28 bits per heavy atom. The van der Waals surface area contributed by atoms with Gasteiger partial charge in [0.2, 0.25) is 0 Å². The minimum absolute atomic E-state index is 0.307. The molecule has 18 heavy (non-hydrogen) atoms. The van der Waals surface area contributed by atoms with Gasteiger partial charge in [0.25, 0.3) is 0 Å². The molecule has 0 bridgehead atoms. The quantitative estimate of drug-likeness (QED) is 0.387. The van der Waals surface area contributed by atoms with E-state index >= 15 is 0 Å². The SMILES string of the molecule is CC(C=O)(/C=C(\N=CN)Nc1ccncc1)CO. The van der Waals surface area contributed by atoms with Gasteiger partial charge in [0.15, 0.2) is 0 Å². The molecule has 6 heteroatoms. The van der Waals surface area contributed by atoms with Crippen molar-refractivity contribution in [3.05, 3.63) is 36.4 Å². The first-order chi connectivity index (χ1) is 8.63. The van der Waals surface area contributed by atoms with Gasteiger partial charge < -0.3 is 21.0 Å². The van der Waals surface area contributed by atoms with Gasteiger partial charge in [-0.1, -0.05) is 0 Å². The van der Waals surface area contributed by atoms with E-state index in [0.29, 0.717) is 12.1 Å². The predicted molar refractivity (Wildman–Crippen MR) is 69.9 cm³/mol. The third kappa shape index (κ3) is 3.99. The van der Waals surface area contributed by atoms with Crippen LogP contribution in [0.25, 0.3) is 0 Å². The van der Waals surface area contributed by atoms with Gasteiger partial charge in [0.05, 0.1) is 18.4 Å². The van der Waals surface area contributed by atoms with Crippen molar-refractivity contribution in [1.29, 1.82) is 0 Å². The average Bonchev–Trinajstić information content (AvgIpc) is 2.40. The number of rotatable bonds is 6. The van der Waals surface area contributed by atoms with Gasteiger partial charge in [-0.05, 0) is 25.1 Å². The van der Waals surface area contributed by atoms with Gasteiger partial charge in [-0.15, -0.1) is 0 Å². The minimum Gasteiger partial charge on any atom is -0.395 e. The molecule has 0 spiro atoms. The summed E-state index contributed by atoms with van der Waals surface area (Å²) in [5, 5.41) is 12.1. The Kier molecular flexibility index (Phi) is 5.01. The smallest absolute Gasteiger partial charge is 0.132 e. The monoisotopic (exact) mass is 248 g/mol. The minimum atomic E-state index is -0.998. The van der Waals surface area contributed by atoms with E-state index in [4.69, 9.17) is 5.73 Å². The molecule has 0 saturated heterocycles. The Morgan fingerprint density at radius 3 is 2.78 bits per heavy atom. The van der Waals surface area contributed by atoms with Crippen LogP contribution in [0.2, 0.25) is 0 Å². The van der Waals surface area contributed by atoms with Crippen LogP contribution in [-0.4, -0.2) is 29.3 Å². The molecule has 0 saturated carbocycles. The highest BCUT2D eigenvalue weighted by atomic mass is 16.3. The number of hydrogen-bond donors (Lipinski definition) is 3. The summed E-state index contributed by atoms with van der Waals surface area (Å²) in [7, 11) is 0. The number of aromatic nitrogens is 1. The van der Waals surface area contributed by atoms with E-state index in [1.807, 2.05) is 0 Å². The number of carbonyl (C=O) groups excluding carboxylic acids is 1. The summed E-state index contributed by atoms with van der Waals surface area (Å²) < 4.78 is 0. The molecule has 1 unspecified atom stereocenters. The molecule has 4 N–H and O–H groups in total. The Labute approximate surface area is 105 Å². The van der Waals surface area contributed by atoms with E-state index in [0.717, 1.165) is 12.0 Å². The molecule has 0 aliphatic heterocycles. The zero-order chi connectivity index (χ0) is 13.4. The van der Waals surface area contributed by atoms with Crippen molar-refractivity contribution >= 4 is 18.3 Å². The molecule has 0 aromatic carbocycles. The van der Waals surface area contributed by atoms with E-state index in [-0.39, 0.29) is 6.61 Å². The van der Waals surface area contributed by atoms with Crippen molar-refractivity contribution in [1.82, 2.24) is 4.98 Å². The number of hydrogen-bond acceptors (Lipinski definition) is 5. The highest BCUT2D eigenvalue weighted by Gasteiger charge is 2.20. The number of nitrogens with zero attached hydrogens (tertiary/aromatic N) is 2. The van der Waals surface area contributed by atoms with Crippen LogP contribution >= 0.6 is 0 Å². The zero-order valence-electron chi connectivity index (χ0n) is 10.1. The lowest BCUT2D eigenvalue weighted by Crippen LogP contribution is -2.21. The molecular formula is C12H16N4O2. The third-order valence-electron chi connectivity index (χ3n) is 2.24. The van der Waals surface area contributed by atoms with E-state index in [9.17, 15) is 9.90 Å². The first-order valence-electron chi connectivity index (χ1n) is 5.35. The first kappa shape index (κ1) is 13.9. The van der Waals surface area contributed by atoms with Crippen molar-refractivity contribution < 1.29 is 9.90 Å². The second-order valence-corrected chi connectivity index (χ2v) is 3.95. The highest BCUT2D eigenvalue weighted by Crippen LogP contribution is 2.18. The number of aliphatic hydroxyl groups excluding tert-OH is 1. The molecule has 1 aromatic heterocycles. The Morgan fingerprint density at radius 1 is 1.61 bits per heavy atom. The van der Waals surface area contributed by atoms with Gasteiger partial charge in [-0.2, -0.15) is 0 Å². The van der Waals surface area contributed by atoms with E-state index < -0.39 is 5.41 Å². The highest BCUT2D eigenvalue weighted by molar-refractivity contribution is 5.64. The van der Waals surface area contributed by atoms with Gasteiger partial charge >= 0.3 is 0 Å². The van der Waals surface area contributed by atoms with Crippen LogP contribution in [0.5, 0.6) is 0 Å². The summed E-state index contributed by atoms with van der Waals surface area (Å²) in [4.78, 5) is 18.7. The number of aliphatic hydroxyl groups is 1. The molecule has 0 fully saturated rings. The predicted octanol–water partition coefficient (Wildman–Crippen LogP) is 0.519. The van der Waals surface area contributed by atoms with Crippen molar-refractivity contribution in [2.24, 2.45) is 16.1 Å². The molecule has 1 heterocycles. The van der Waals surface area contributed by atoms with E-state index in [2.05, 4.69) is 15.3 Å². The lowest BCUT2D eigenvalue weighted by Gasteiger charge is -2.16. The second-order valence-electron chi connectivity index (χ2n) is 3.95. The van der Waals surface area contributed by atoms with Gasteiger partial charge in [0.1, 0.15) is 12.1 Å². The van der Waals surface area contributed by atoms with Crippen LogP contribution in [0, 0.1) is 5.41 Å². The van der Waals surface area contributed by atoms with Crippen LogP contribution in [0.1, 0.15) is 6.92 Å². The van der Waals surface area contributed by atoms with Gasteiger partial charge in [-0.25, -0.2) is 4.99 Å². The molecule has 1 atom stereocenters. The van der Waals surface area contributed by atoms with Crippen molar-refractivity contribution in [2.75, 3.05) is 11.9 Å². The molecule has 1 rings (SSSR count). The summed E-state index contributed by atoms with van der Waals surface area (Å²) in [5.74, 6) is 0.382. The molecule has 1 aromatic rings. The number of aliphatic imine (C=N–C) groups is 1. The molecule has 0 aliphatic rings. The molecule has 6 nitrogen and oxygen atoms in total. The van der Waals surface area contributed by atoms with Crippen molar-refractivity contribution in [3.8, 4) is 0 Å². The van der Waals surface area contributed by atoms with Crippen molar-refractivity contribution in [2.45, 2.75) is 6.92 Å². The Bertz CT molecular complexity index is 445. The fraction of sp³-hybridized carbons (Fsp3) is 0.250. The Balaban J connectivity index is 2.96. The molecule has 0 amide bonds. The second kappa shape index (κ2) is 6.51. The Hall–Kier alpha value is -2.21. The number of aldehydes is 1. The fourth-order valence-corrected chi connectivity index (χ4v) is 1.20. The molecule has 0 aliphatic carbocycles. The molecular weight excluding hydrogens is 232 g/mol. The van der Waals surface area contributed by atoms with Crippen LogP contribution < -0.4 is 11.1 Å². The van der Waals surface area contributed by atoms with Crippen LogP contribution in [0.3, 0.4) is 0 Å². The normalized spacial score (nSPS) is 15.3. The van der Waals surface area contributed by atoms with E-state index in [1.54, 1.807) is 31.5 Å². The fourth-order valence-electron chi connectivity index (χ4n) is 1.20. The van der Waals surface area contributed by atoms with Crippen LogP contribution in [0.4, 0.5) is 5.69 Å². The lowest BCUT2D eigenvalue weighted by atomic mass is 9.93. The molecule has 0 radical (unpaired) electrons. The third-order valence-corrected chi connectivity index (χ3v) is 2.24. The standard InChI is InChI=1S/C12H16N4O2/c1-12(7-17,8-18)6-11(15-9-13)16-10-2-4-14-5-3-10/h2-7,9,18H,8H2,1H3,(H2,13,15)(H,14,16)/b11-6+. The number of pyridine rings is 1. The summed E-state index contributed by atoms with van der Waals surface area (Å²) in [6.45, 7) is 1.29. The maximum atomic E-state index is 10.9. The van der Waals surface area contributed by atoms with Crippen LogP contribution in [-0.2, 0) is 4.79 Å². The van der Waals surface area contributed by atoms with Crippen molar-refractivity contribution in [3.63, 3.8) is 0 Å². The first-order valence-corrected chi connectivity index (χ1v) is 5.35. The van der Waals surface area contributed by atoms with Gasteiger partial charge in [0, 0.05) is 18.1 Å². The zero-order valence-corrected chi connectivity index (χ0v) is 10.1. The average molecular weight is 248 g/mol. The number of nitrogens with one attached hydrogen (secondary N) is 1. The summed E-state index contributed by atoms with van der Waals surface area (Å²) >= 11 is 0. The maximum absolute atomic E-state index is 10.9. The largest absolute Gasteiger partial charge is 0.395 e. The maximum Gasteiger partial charge on any atom is 0.132 e. The summed E-state index contributed by atoms with van der Waals surface area (Å²) in [6.07, 6.45) is 6.54. The summed E-state index contributed by atoms with van der Waals surface area (Å²) in [6, 6.07) is 3.49. The molecule has 96 valence electrons. The van der Waals surface area contributed by atoms with E-state index in [1.165, 1.54) is 6.08 Å². The summed E-state index contributed by atoms with van der Waals surface area (Å²) in [5.41, 5.74) is 5.01. The lowest BCUT2D eigenvalue weighted by molar-refractivity contribution is -0.114. The number of anilines is 1. The number of carbonyl (C=O) groups is 1. The topological polar surface area (TPSA) is 101 Å². The van der Waals surface area contributed by atoms with Gasteiger partial charge in [-0.3, -0.25) is 4.98 Å². The van der Waals surface area contributed by atoms with Crippen LogP contribution in [0.15, 0.2) is 41.4 Å².